The van der Waals surface area contributed by atoms with Crippen molar-refractivity contribution < 1.29 is 14.6 Å². The first kappa shape index (κ1) is 24.4. The molecule has 0 atom stereocenters. The van der Waals surface area contributed by atoms with Crippen LogP contribution >= 0.6 is 0 Å². The number of carbonyl (C=O) groups is 1. The first-order valence-corrected chi connectivity index (χ1v) is 11.1. The molecule has 0 aliphatic rings. The summed E-state index contributed by atoms with van der Waals surface area (Å²) in [6, 6.07) is 0. The molecular weight excluding hydrogens is 312 g/mol. The molecule has 25 heavy (non-hydrogen) atoms. The standard InChI is InChI=1S/C22H44O3/c1-2-25-21-19-17-15-13-11-9-7-5-3-4-6-8-10-12-14-16-18-20-22(23)24/h2-21H2,1H3,(H,23,24). The number of aliphatic carboxylic acids is 1. The first-order chi connectivity index (χ1) is 12.3. The third-order valence-electron chi connectivity index (χ3n) is 4.88. The van der Waals surface area contributed by atoms with Gasteiger partial charge in [0, 0.05) is 19.6 Å². The Labute approximate surface area is 156 Å². The fourth-order valence-electron chi connectivity index (χ4n) is 3.28. The van der Waals surface area contributed by atoms with Crippen LogP contribution in [0, 0.1) is 0 Å². The maximum absolute atomic E-state index is 10.4. The third kappa shape index (κ3) is 23.4. The molecule has 0 aliphatic heterocycles. The van der Waals surface area contributed by atoms with Crippen LogP contribution in [0.4, 0.5) is 0 Å². The van der Waals surface area contributed by atoms with E-state index in [2.05, 4.69) is 6.92 Å². The smallest absolute Gasteiger partial charge is 0.303 e. The zero-order chi connectivity index (χ0) is 18.4. The monoisotopic (exact) mass is 356 g/mol. The number of unbranched alkanes of at least 4 members (excludes halogenated alkanes) is 16. The van der Waals surface area contributed by atoms with Crippen LogP contribution in [0.5, 0.6) is 0 Å². The molecule has 0 radical (unpaired) electrons. The van der Waals surface area contributed by atoms with E-state index in [0.29, 0.717) is 6.42 Å². The van der Waals surface area contributed by atoms with Gasteiger partial charge in [-0.1, -0.05) is 96.3 Å². The maximum Gasteiger partial charge on any atom is 0.303 e. The molecule has 0 fully saturated rings. The van der Waals surface area contributed by atoms with E-state index in [9.17, 15) is 4.79 Å². The van der Waals surface area contributed by atoms with Gasteiger partial charge in [0.1, 0.15) is 0 Å². The summed E-state index contributed by atoms with van der Waals surface area (Å²) in [4.78, 5) is 10.4. The Balaban J connectivity index is 2.97. The molecule has 3 nitrogen and oxygen atoms in total. The molecule has 0 bridgehead atoms. The molecule has 150 valence electrons. The van der Waals surface area contributed by atoms with Crippen molar-refractivity contribution >= 4 is 5.97 Å². The SMILES string of the molecule is CCOCCCCCCCCCCCCCCCCCCCC(=O)O. The summed E-state index contributed by atoms with van der Waals surface area (Å²) in [7, 11) is 0. The van der Waals surface area contributed by atoms with Crippen LogP contribution in [0.1, 0.15) is 122 Å². The second kappa shape index (κ2) is 21.5. The van der Waals surface area contributed by atoms with E-state index < -0.39 is 5.97 Å². The highest BCUT2D eigenvalue weighted by Gasteiger charge is 1.97. The molecule has 0 spiro atoms. The van der Waals surface area contributed by atoms with Crippen molar-refractivity contribution in [1.29, 1.82) is 0 Å². The molecule has 0 heterocycles. The van der Waals surface area contributed by atoms with Crippen molar-refractivity contribution in [3.63, 3.8) is 0 Å². The molecule has 1 N–H and O–H groups in total. The van der Waals surface area contributed by atoms with Crippen molar-refractivity contribution in [3.05, 3.63) is 0 Å². The summed E-state index contributed by atoms with van der Waals surface area (Å²) in [5.74, 6) is -0.655. The van der Waals surface area contributed by atoms with Gasteiger partial charge in [0.05, 0.1) is 0 Å². The van der Waals surface area contributed by atoms with Gasteiger partial charge in [-0.05, 0) is 19.8 Å². The zero-order valence-corrected chi connectivity index (χ0v) is 16.9. The minimum absolute atomic E-state index is 0.341. The summed E-state index contributed by atoms with van der Waals surface area (Å²) in [6.07, 6.45) is 22.7. The van der Waals surface area contributed by atoms with Crippen molar-refractivity contribution in [3.8, 4) is 0 Å². The summed E-state index contributed by atoms with van der Waals surface area (Å²) < 4.78 is 5.35. The molecule has 0 unspecified atom stereocenters. The fraction of sp³-hybridized carbons (Fsp3) is 0.955. The van der Waals surface area contributed by atoms with Crippen molar-refractivity contribution in [1.82, 2.24) is 0 Å². The molecule has 0 aromatic carbocycles. The summed E-state index contributed by atoms with van der Waals surface area (Å²) in [6.45, 7) is 3.86. The Kier molecular flexibility index (Phi) is 21.0. The quantitative estimate of drug-likeness (QED) is 0.222. The number of ether oxygens (including phenoxy) is 1. The van der Waals surface area contributed by atoms with E-state index >= 15 is 0 Å². The van der Waals surface area contributed by atoms with Gasteiger partial charge in [-0.15, -0.1) is 0 Å². The molecule has 0 aliphatic carbocycles. The zero-order valence-electron chi connectivity index (χ0n) is 16.9. The molecule has 0 aromatic heterocycles. The molecular formula is C22H44O3. The van der Waals surface area contributed by atoms with Crippen LogP contribution in [0.25, 0.3) is 0 Å². The second-order valence-electron chi connectivity index (χ2n) is 7.35. The highest BCUT2D eigenvalue weighted by Crippen LogP contribution is 2.14. The lowest BCUT2D eigenvalue weighted by Crippen LogP contribution is -1.93. The summed E-state index contributed by atoms with van der Waals surface area (Å²) in [5, 5.41) is 8.56. The average molecular weight is 357 g/mol. The van der Waals surface area contributed by atoms with Gasteiger partial charge in [0.15, 0.2) is 0 Å². The fourth-order valence-corrected chi connectivity index (χ4v) is 3.28. The Morgan fingerprint density at radius 2 is 0.920 bits per heavy atom. The van der Waals surface area contributed by atoms with Gasteiger partial charge < -0.3 is 9.84 Å². The lowest BCUT2D eigenvalue weighted by atomic mass is 10.0. The van der Waals surface area contributed by atoms with Crippen molar-refractivity contribution in [2.75, 3.05) is 13.2 Å². The van der Waals surface area contributed by atoms with Crippen LogP contribution in [-0.4, -0.2) is 24.3 Å². The van der Waals surface area contributed by atoms with Crippen LogP contribution in [-0.2, 0) is 9.53 Å². The summed E-state index contributed by atoms with van der Waals surface area (Å²) in [5.41, 5.74) is 0. The first-order valence-electron chi connectivity index (χ1n) is 11.1. The van der Waals surface area contributed by atoms with E-state index in [0.717, 1.165) is 26.1 Å². The Hall–Kier alpha value is -0.570. The van der Waals surface area contributed by atoms with E-state index in [1.54, 1.807) is 0 Å². The molecule has 0 aromatic rings. The van der Waals surface area contributed by atoms with Crippen LogP contribution < -0.4 is 0 Å². The second-order valence-corrected chi connectivity index (χ2v) is 7.35. The van der Waals surface area contributed by atoms with Crippen LogP contribution in [0.2, 0.25) is 0 Å². The van der Waals surface area contributed by atoms with Crippen LogP contribution in [0.15, 0.2) is 0 Å². The van der Waals surface area contributed by atoms with Crippen molar-refractivity contribution in [2.24, 2.45) is 0 Å². The predicted molar refractivity (Wildman–Crippen MR) is 107 cm³/mol. The van der Waals surface area contributed by atoms with Gasteiger partial charge >= 0.3 is 5.97 Å². The normalized spacial score (nSPS) is 11.1. The van der Waals surface area contributed by atoms with E-state index in [1.165, 1.54) is 96.3 Å². The average Bonchev–Trinajstić information content (AvgIpc) is 2.60. The van der Waals surface area contributed by atoms with E-state index in [4.69, 9.17) is 9.84 Å². The Bertz CT molecular complexity index is 266. The molecule has 0 saturated heterocycles. The Morgan fingerprint density at radius 3 is 1.24 bits per heavy atom. The number of rotatable bonds is 21. The minimum Gasteiger partial charge on any atom is -0.481 e. The minimum atomic E-state index is -0.655. The Morgan fingerprint density at radius 1 is 0.600 bits per heavy atom. The number of carboxylic acids is 1. The van der Waals surface area contributed by atoms with Gasteiger partial charge in [0.25, 0.3) is 0 Å². The molecule has 3 heteroatoms. The van der Waals surface area contributed by atoms with Gasteiger partial charge in [-0.3, -0.25) is 4.79 Å². The third-order valence-corrected chi connectivity index (χ3v) is 4.88. The topological polar surface area (TPSA) is 46.5 Å². The number of hydrogen-bond acceptors (Lipinski definition) is 2. The van der Waals surface area contributed by atoms with E-state index in [-0.39, 0.29) is 0 Å². The lowest BCUT2D eigenvalue weighted by molar-refractivity contribution is -0.137. The van der Waals surface area contributed by atoms with Crippen molar-refractivity contribution in [2.45, 2.75) is 122 Å². The molecule has 0 saturated carbocycles. The molecule has 0 rings (SSSR count). The van der Waals surface area contributed by atoms with E-state index in [1.807, 2.05) is 0 Å². The van der Waals surface area contributed by atoms with Gasteiger partial charge in [-0.2, -0.15) is 0 Å². The highest BCUT2D eigenvalue weighted by atomic mass is 16.5. The maximum atomic E-state index is 10.4. The van der Waals surface area contributed by atoms with Gasteiger partial charge in [-0.25, -0.2) is 0 Å². The van der Waals surface area contributed by atoms with Gasteiger partial charge in [0.2, 0.25) is 0 Å². The van der Waals surface area contributed by atoms with Crippen LogP contribution in [0.3, 0.4) is 0 Å². The predicted octanol–water partition coefficient (Wildman–Crippen LogP) is 7.13. The largest absolute Gasteiger partial charge is 0.481 e. The highest BCUT2D eigenvalue weighted by molar-refractivity contribution is 5.66. The molecule has 0 amide bonds. The number of carboxylic acid groups (broad SMARTS) is 1. The lowest BCUT2D eigenvalue weighted by Gasteiger charge is -2.04. The number of hydrogen-bond donors (Lipinski definition) is 1. The summed E-state index contributed by atoms with van der Waals surface area (Å²) >= 11 is 0.